The lowest BCUT2D eigenvalue weighted by atomic mass is 9.83. The molecule has 0 radical (unpaired) electrons. The van der Waals surface area contributed by atoms with Crippen molar-refractivity contribution >= 4 is 54.3 Å². The van der Waals surface area contributed by atoms with Gasteiger partial charge in [0.15, 0.2) is 0 Å². The molecular weight excluding hydrogens is 520 g/mol. The number of benzene rings is 8. The van der Waals surface area contributed by atoms with E-state index in [9.17, 15) is 2.74 Å². The molecule has 0 fully saturated rings. The Morgan fingerprint density at radius 3 is 1.77 bits per heavy atom. The molecule has 0 N–H and O–H groups in total. The Morgan fingerprint density at radius 1 is 0.419 bits per heavy atom. The summed E-state index contributed by atoms with van der Waals surface area (Å²) in [6.07, 6.45) is 0. The number of para-hydroxylation sites is 1. The normalized spacial score (nSPS) is 13.7. The van der Waals surface area contributed by atoms with E-state index in [1.807, 2.05) is 84.9 Å². The Hall–Kier alpha value is -5.66. The molecule has 0 unspecified atom stereocenters. The molecule has 0 bridgehead atoms. The van der Waals surface area contributed by atoms with Gasteiger partial charge in [0, 0.05) is 10.8 Å². The monoisotopic (exact) mass is 552 g/mol. The van der Waals surface area contributed by atoms with Crippen molar-refractivity contribution in [2.45, 2.75) is 0 Å². The smallest absolute Gasteiger partial charge is 0.136 e. The van der Waals surface area contributed by atoms with Gasteiger partial charge in [0.1, 0.15) is 11.2 Å². The van der Waals surface area contributed by atoms with Crippen LogP contribution in [0.25, 0.3) is 87.6 Å². The van der Waals surface area contributed by atoms with Gasteiger partial charge in [0.2, 0.25) is 0 Å². The van der Waals surface area contributed by atoms with E-state index in [1.54, 1.807) is 0 Å². The maximum absolute atomic E-state index is 9.76. The van der Waals surface area contributed by atoms with E-state index in [0.29, 0.717) is 22.3 Å². The summed E-state index contributed by atoms with van der Waals surface area (Å²) in [5.74, 6) is 0. The summed E-state index contributed by atoms with van der Waals surface area (Å²) in [5.41, 5.74) is 5.60. The summed E-state index contributed by atoms with van der Waals surface area (Å²) in [6, 6.07) is 38.1. The highest BCUT2D eigenvalue weighted by atomic mass is 16.3. The van der Waals surface area contributed by atoms with Crippen molar-refractivity contribution in [3.05, 3.63) is 158 Å². The predicted molar refractivity (Wildman–Crippen MR) is 183 cm³/mol. The van der Waals surface area contributed by atoms with Crippen molar-refractivity contribution in [2.24, 2.45) is 0 Å². The van der Waals surface area contributed by atoms with Crippen LogP contribution in [0.4, 0.5) is 0 Å². The lowest BCUT2D eigenvalue weighted by molar-refractivity contribution is 0.669. The third-order valence-corrected chi connectivity index (χ3v) is 8.35. The van der Waals surface area contributed by atoms with Gasteiger partial charge in [0.05, 0.1) is 8.22 Å². The molecule has 0 saturated heterocycles. The average molecular weight is 553 g/mol. The predicted octanol–water partition coefficient (Wildman–Crippen LogP) is 12.0. The van der Waals surface area contributed by atoms with Crippen molar-refractivity contribution in [3.63, 3.8) is 0 Å². The first-order valence-corrected chi connectivity index (χ1v) is 14.3. The van der Waals surface area contributed by atoms with Gasteiger partial charge in [-0.15, -0.1) is 0 Å². The highest BCUT2D eigenvalue weighted by Gasteiger charge is 2.19. The second-order valence-electron chi connectivity index (χ2n) is 10.8. The Balaban J connectivity index is 1.47. The quantitative estimate of drug-likeness (QED) is 0.199. The van der Waals surface area contributed by atoms with Gasteiger partial charge >= 0.3 is 0 Å². The molecule has 1 heterocycles. The third kappa shape index (κ3) is 3.72. The van der Waals surface area contributed by atoms with E-state index in [1.165, 1.54) is 0 Å². The summed E-state index contributed by atoms with van der Waals surface area (Å²) in [6.45, 7) is 0. The van der Waals surface area contributed by atoms with Crippen molar-refractivity contribution in [2.75, 3.05) is 0 Å². The molecule has 43 heavy (non-hydrogen) atoms. The van der Waals surface area contributed by atoms with Crippen molar-refractivity contribution in [1.29, 1.82) is 0 Å². The first kappa shape index (κ1) is 18.7. The molecule has 0 aliphatic heterocycles. The molecule has 1 aromatic heterocycles. The van der Waals surface area contributed by atoms with Gasteiger partial charge in [-0.1, -0.05) is 127 Å². The second kappa shape index (κ2) is 9.44. The largest absolute Gasteiger partial charge is 0.456 e. The molecule has 0 aliphatic carbocycles. The van der Waals surface area contributed by atoms with E-state index in [4.69, 9.17) is 9.90 Å². The molecule has 0 aliphatic rings. The number of fused-ring (bicyclic) bond motifs is 6. The Kier molecular flexibility index (Phi) is 4.11. The Labute approximate surface area is 257 Å². The topological polar surface area (TPSA) is 13.1 Å². The molecule has 200 valence electrons. The zero-order valence-electron chi connectivity index (χ0n) is 29.0. The summed E-state index contributed by atoms with van der Waals surface area (Å²) in [7, 11) is 0. The van der Waals surface area contributed by atoms with Gasteiger partial charge in [-0.2, -0.15) is 0 Å². The van der Waals surface area contributed by atoms with E-state index < -0.39 is 12.1 Å². The summed E-state index contributed by atoms with van der Waals surface area (Å²) in [5, 5.41) is 5.89. The zero-order chi connectivity index (χ0) is 33.6. The van der Waals surface area contributed by atoms with Gasteiger partial charge in [-0.25, -0.2) is 0 Å². The fraction of sp³-hybridized carbons (Fsp3) is 0. The Bertz CT molecular complexity index is 2780. The summed E-state index contributed by atoms with van der Waals surface area (Å²) in [4.78, 5) is 0. The summed E-state index contributed by atoms with van der Waals surface area (Å²) < 4.78 is 60.6. The van der Waals surface area contributed by atoms with Gasteiger partial charge in [0.25, 0.3) is 0 Å². The van der Waals surface area contributed by atoms with E-state index in [-0.39, 0.29) is 34.9 Å². The highest BCUT2D eigenvalue weighted by Crippen LogP contribution is 2.47. The summed E-state index contributed by atoms with van der Waals surface area (Å²) >= 11 is 0. The van der Waals surface area contributed by atoms with E-state index in [2.05, 4.69) is 36.4 Å². The second-order valence-corrected chi connectivity index (χ2v) is 10.8. The van der Waals surface area contributed by atoms with Crippen LogP contribution < -0.4 is 0 Å². The van der Waals surface area contributed by atoms with Crippen molar-refractivity contribution < 1.29 is 12.6 Å². The van der Waals surface area contributed by atoms with Gasteiger partial charge in [-0.3, -0.25) is 0 Å². The van der Waals surface area contributed by atoms with Crippen LogP contribution in [0.5, 0.6) is 0 Å². The number of hydrogen-bond acceptors (Lipinski definition) is 1. The van der Waals surface area contributed by atoms with E-state index >= 15 is 0 Å². The van der Waals surface area contributed by atoms with Crippen molar-refractivity contribution in [3.8, 4) is 33.4 Å². The lowest BCUT2D eigenvalue weighted by Crippen LogP contribution is -1.92. The van der Waals surface area contributed by atoms with Crippen LogP contribution in [0.15, 0.2) is 162 Å². The highest BCUT2D eigenvalue weighted by molar-refractivity contribution is 6.24. The van der Waals surface area contributed by atoms with Gasteiger partial charge < -0.3 is 4.42 Å². The standard InChI is InChI=1S/C42H26O/c1-2-12-27(13-3-1)30-24-28-14-4-5-15-31(28)38(25-30)42-36-19-8-6-17-34(36)41(35-18-7-9-20-37(35)42)29-22-23-33-32-16-10-11-21-39(32)43-40(33)26-29/h1-26H/i4D,5D,14D,15D,24D,25D. The maximum Gasteiger partial charge on any atom is 0.136 e. The van der Waals surface area contributed by atoms with Crippen molar-refractivity contribution in [1.82, 2.24) is 0 Å². The molecule has 9 rings (SSSR count). The maximum atomic E-state index is 9.76. The fourth-order valence-electron chi connectivity index (χ4n) is 6.46. The SMILES string of the molecule is [2H]c1c([2H])c([2H])c2c(-c3c4ccccc4c(-c4ccc5c(c4)oc4ccccc45)c4ccccc34)c([2H])c(-c3ccccc3)c([2H])c2c1[2H]. The molecule has 1 heteroatoms. The van der Waals surface area contributed by atoms with Crippen LogP contribution in [0.2, 0.25) is 0 Å². The molecule has 8 aromatic carbocycles. The number of furan rings is 1. The molecule has 1 nitrogen and oxygen atoms in total. The van der Waals surface area contributed by atoms with Crippen LogP contribution in [0, 0.1) is 0 Å². The minimum absolute atomic E-state index is 0.0421. The van der Waals surface area contributed by atoms with E-state index in [0.717, 1.165) is 54.6 Å². The van der Waals surface area contributed by atoms with Gasteiger partial charge in [-0.05, 0) is 96.0 Å². The first-order valence-electron chi connectivity index (χ1n) is 17.3. The first-order chi connectivity index (χ1) is 23.8. The zero-order valence-corrected chi connectivity index (χ0v) is 23.0. The minimum Gasteiger partial charge on any atom is -0.456 e. The molecule has 0 amide bonds. The number of hydrogen-bond donors (Lipinski definition) is 0. The molecular formula is C42H26O. The van der Waals surface area contributed by atoms with Crippen LogP contribution in [0.1, 0.15) is 8.22 Å². The van der Waals surface area contributed by atoms with Crippen LogP contribution in [-0.2, 0) is 0 Å². The lowest BCUT2D eigenvalue weighted by Gasteiger charge is -2.19. The van der Waals surface area contributed by atoms with Crippen LogP contribution >= 0.6 is 0 Å². The third-order valence-electron chi connectivity index (χ3n) is 8.35. The molecule has 0 spiro atoms. The van der Waals surface area contributed by atoms with Crippen LogP contribution in [-0.4, -0.2) is 0 Å². The fourth-order valence-corrected chi connectivity index (χ4v) is 6.46. The van der Waals surface area contributed by atoms with Crippen LogP contribution in [0.3, 0.4) is 0 Å². The molecule has 0 saturated carbocycles. The molecule has 0 atom stereocenters. The molecule has 9 aromatic rings. The minimum atomic E-state index is -0.403. The number of rotatable bonds is 3. The average Bonchev–Trinajstić information content (AvgIpc) is 3.50. The Morgan fingerprint density at radius 2 is 1.02 bits per heavy atom.